The Morgan fingerprint density at radius 1 is 1.37 bits per heavy atom. The van der Waals surface area contributed by atoms with Gasteiger partial charge in [0.15, 0.2) is 0 Å². The number of aromatic nitrogens is 1. The van der Waals surface area contributed by atoms with Crippen molar-refractivity contribution in [1.29, 1.82) is 0 Å². The molecule has 0 aliphatic heterocycles. The van der Waals surface area contributed by atoms with Crippen LogP contribution in [0.25, 0.3) is 0 Å². The summed E-state index contributed by atoms with van der Waals surface area (Å²) in [6.45, 7) is 8.22. The Bertz CT molecular complexity index is 477. The largest absolute Gasteiger partial charge is 0.354 e. The molecular formula is C14H26N2O2S. The van der Waals surface area contributed by atoms with Crippen LogP contribution in [-0.2, 0) is 16.4 Å². The number of nitrogens with one attached hydrogen (secondary N) is 1. The van der Waals surface area contributed by atoms with Crippen LogP contribution < -0.4 is 5.32 Å². The Labute approximate surface area is 117 Å². The maximum Gasteiger partial charge on any atom is 0.147 e. The van der Waals surface area contributed by atoms with Crippen LogP contribution >= 0.6 is 0 Å². The standard InChI is InChI=1S/C14H26N2O2S/c1-5-15-14(12(2)3)13-7-9-16(11-13)8-6-10-19(4,17)18/h7,9,11-12,14-15H,5-6,8,10H2,1-4H3. The number of rotatable bonds is 8. The van der Waals surface area contributed by atoms with Gasteiger partial charge in [-0.1, -0.05) is 20.8 Å². The first-order valence-electron chi connectivity index (χ1n) is 6.90. The van der Waals surface area contributed by atoms with Gasteiger partial charge < -0.3 is 9.88 Å². The average Bonchev–Trinajstić information content (AvgIpc) is 2.72. The second-order valence-electron chi connectivity index (χ2n) is 5.45. The van der Waals surface area contributed by atoms with Crippen molar-refractivity contribution in [2.45, 2.75) is 39.8 Å². The predicted octanol–water partition coefficient (Wildman–Crippen LogP) is 2.23. The summed E-state index contributed by atoms with van der Waals surface area (Å²) in [6.07, 6.45) is 6.11. The summed E-state index contributed by atoms with van der Waals surface area (Å²) < 4.78 is 24.3. The van der Waals surface area contributed by atoms with E-state index in [0.29, 0.717) is 18.4 Å². The van der Waals surface area contributed by atoms with Gasteiger partial charge in [0.2, 0.25) is 0 Å². The van der Waals surface area contributed by atoms with Crippen LogP contribution in [0.4, 0.5) is 0 Å². The summed E-state index contributed by atoms with van der Waals surface area (Å²) in [7, 11) is -2.85. The van der Waals surface area contributed by atoms with Gasteiger partial charge >= 0.3 is 0 Å². The van der Waals surface area contributed by atoms with Gasteiger partial charge in [-0.15, -0.1) is 0 Å². The fourth-order valence-electron chi connectivity index (χ4n) is 2.25. The van der Waals surface area contributed by atoms with Crippen LogP contribution in [-0.4, -0.2) is 31.5 Å². The van der Waals surface area contributed by atoms with E-state index in [4.69, 9.17) is 0 Å². The first-order chi connectivity index (χ1) is 8.83. The molecule has 110 valence electrons. The summed E-state index contributed by atoms with van der Waals surface area (Å²) >= 11 is 0. The fourth-order valence-corrected chi connectivity index (χ4v) is 2.90. The van der Waals surface area contributed by atoms with Gasteiger partial charge in [-0.25, -0.2) is 8.42 Å². The fraction of sp³-hybridized carbons (Fsp3) is 0.714. The molecule has 19 heavy (non-hydrogen) atoms. The molecule has 1 atom stereocenters. The topological polar surface area (TPSA) is 51.1 Å². The highest BCUT2D eigenvalue weighted by atomic mass is 32.2. The molecule has 0 aromatic carbocycles. The molecule has 0 aliphatic carbocycles. The zero-order valence-corrected chi connectivity index (χ0v) is 13.2. The van der Waals surface area contributed by atoms with Gasteiger partial charge in [0.05, 0.1) is 5.75 Å². The highest BCUT2D eigenvalue weighted by Gasteiger charge is 2.15. The second-order valence-corrected chi connectivity index (χ2v) is 7.71. The lowest BCUT2D eigenvalue weighted by Crippen LogP contribution is -2.25. The van der Waals surface area contributed by atoms with Gasteiger partial charge in [0, 0.05) is 31.2 Å². The number of aryl methyl sites for hydroxylation is 1. The molecule has 0 saturated carbocycles. The van der Waals surface area contributed by atoms with Gasteiger partial charge in [-0.05, 0) is 30.5 Å². The summed E-state index contributed by atoms with van der Waals surface area (Å²) in [6, 6.07) is 2.48. The van der Waals surface area contributed by atoms with E-state index in [0.717, 1.165) is 13.1 Å². The Morgan fingerprint density at radius 2 is 2.05 bits per heavy atom. The predicted molar refractivity (Wildman–Crippen MR) is 80.0 cm³/mol. The van der Waals surface area contributed by atoms with Gasteiger partial charge in [-0.2, -0.15) is 0 Å². The molecule has 5 heteroatoms. The maximum absolute atomic E-state index is 11.1. The molecule has 0 bridgehead atoms. The molecule has 1 unspecified atom stereocenters. The lowest BCUT2D eigenvalue weighted by Gasteiger charge is -2.20. The zero-order valence-electron chi connectivity index (χ0n) is 12.4. The van der Waals surface area contributed by atoms with E-state index in [1.54, 1.807) is 0 Å². The summed E-state index contributed by atoms with van der Waals surface area (Å²) in [5.74, 6) is 0.785. The average molecular weight is 286 g/mol. The highest BCUT2D eigenvalue weighted by Crippen LogP contribution is 2.21. The number of sulfone groups is 1. The molecule has 1 aromatic heterocycles. The number of hydrogen-bond acceptors (Lipinski definition) is 3. The minimum absolute atomic E-state index is 0.251. The van der Waals surface area contributed by atoms with Crippen LogP contribution in [0.5, 0.6) is 0 Å². The first kappa shape index (κ1) is 16.2. The van der Waals surface area contributed by atoms with Gasteiger partial charge in [-0.3, -0.25) is 0 Å². The van der Waals surface area contributed by atoms with E-state index in [1.807, 2.05) is 6.20 Å². The Balaban J connectivity index is 2.60. The monoisotopic (exact) mass is 286 g/mol. The van der Waals surface area contributed by atoms with Crippen molar-refractivity contribution >= 4 is 9.84 Å². The lowest BCUT2D eigenvalue weighted by atomic mass is 9.98. The molecule has 0 fully saturated rings. The van der Waals surface area contributed by atoms with Crippen LogP contribution in [0.15, 0.2) is 18.5 Å². The quantitative estimate of drug-likeness (QED) is 0.797. The van der Waals surface area contributed by atoms with E-state index < -0.39 is 9.84 Å². The van der Waals surface area contributed by atoms with E-state index in [-0.39, 0.29) is 5.75 Å². The molecule has 1 N–H and O–H groups in total. The van der Waals surface area contributed by atoms with Gasteiger partial charge in [0.1, 0.15) is 9.84 Å². The zero-order chi connectivity index (χ0) is 14.5. The van der Waals surface area contributed by atoms with E-state index in [1.165, 1.54) is 11.8 Å². The molecular weight excluding hydrogens is 260 g/mol. The van der Waals surface area contributed by atoms with E-state index in [9.17, 15) is 8.42 Å². The number of hydrogen-bond donors (Lipinski definition) is 1. The third-order valence-electron chi connectivity index (χ3n) is 3.15. The van der Waals surface area contributed by atoms with Crippen molar-refractivity contribution in [2.24, 2.45) is 5.92 Å². The first-order valence-corrected chi connectivity index (χ1v) is 8.96. The Morgan fingerprint density at radius 3 is 2.58 bits per heavy atom. The highest BCUT2D eigenvalue weighted by molar-refractivity contribution is 7.90. The van der Waals surface area contributed by atoms with Crippen LogP contribution in [0.3, 0.4) is 0 Å². The van der Waals surface area contributed by atoms with Crippen LogP contribution in [0, 0.1) is 5.92 Å². The SMILES string of the molecule is CCNC(c1ccn(CCCS(C)(=O)=O)c1)C(C)C. The van der Waals surface area contributed by atoms with Crippen molar-refractivity contribution in [2.75, 3.05) is 18.6 Å². The van der Waals surface area contributed by atoms with E-state index in [2.05, 4.69) is 42.9 Å². The van der Waals surface area contributed by atoms with Crippen LogP contribution in [0.2, 0.25) is 0 Å². The second kappa shape index (κ2) is 7.10. The smallest absolute Gasteiger partial charge is 0.147 e. The number of nitrogens with zero attached hydrogens (tertiary/aromatic N) is 1. The van der Waals surface area contributed by atoms with Crippen LogP contribution in [0.1, 0.15) is 38.8 Å². The molecule has 0 amide bonds. The van der Waals surface area contributed by atoms with Crippen molar-refractivity contribution in [1.82, 2.24) is 9.88 Å². The third-order valence-corrected chi connectivity index (χ3v) is 4.18. The normalized spacial score (nSPS) is 13.9. The Hall–Kier alpha value is -0.810. The summed E-state index contributed by atoms with van der Waals surface area (Å²) in [5.41, 5.74) is 1.27. The minimum Gasteiger partial charge on any atom is -0.354 e. The van der Waals surface area contributed by atoms with Crippen molar-refractivity contribution in [3.63, 3.8) is 0 Å². The molecule has 1 rings (SSSR count). The molecule has 4 nitrogen and oxygen atoms in total. The lowest BCUT2D eigenvalue weighted by molar-refractivity contribution is 0.421. The van der Waals surface area contributed by atoms with Crippen molar-refractivity contribution in [3.05, 3.63) is 24.0 Å². The molecule has 0 spiro atoms. The maximum atomic E-state index is 11.1. The summed E-state index contributed by atoms with van der Waals surface area (Å²) in [5, 5.41) is 3.48. The van der Waals surface area contributed by atoms with Crippen molar-refractivity contribution in [3.8, 4) is 0 Å². The molecule has 0 radical (unpaired) electrons. The van der Waals surface area contributed by atoms with Crippen molar-refractivity contribution < 1.29 is 8.42 Å². The van der Waals surface area contributed by atoms with E-state index >= 15 is 0 Å². The molecule has 1 aromatic rings. The Kier molecular flexibility index (Phi) is 6.07. The molecule has 0 aliphatic rings. The van der Waals surface area contributed by atoms with Gasteiger partial charge in [0.25, 0.3) is 0 Å². The molecule has 1 heterocycles. The third kappa shape index (κ3) is 5.78. The minimum atomic E-state index is -2.85. The molecule has 0 saturated heterocycles. The summed E-state index contributed by atoms with van der Waals surface area (Å²) in [4.78, 5) is 0.